The van der Waals surface area contributed by atoms with E-state index in [1.54, 1.807) is 12.1 Å². The van der Waals surface area contributed by atoms with Gasteiger partial charge in [0, 0.05) is 17.4 Å². The van der Waals surface area contributed by atoms with Gasteiger partial charge >= 0.3 is 0 Å². The van der Waals surface area contributed by atoms with Crippen LogP contribution in [0.1, 0.15) is 10.5 Å². The number of H-pyrrole nitrogens is 1. The first-order chi connectivity index (χ1) is 12.2. The van der Waals surface area contributed by atoms with Gasteiger partial charge < -0.3 is 10.3 Å². The van der Waals surface area contributed by atoms with Crippen molar-refractivity contribution in [1.82, 2.24) is 15.0 Å². The van der Waals surface area contributed by atoms with Crippen LogP contribution in [0.25, 0.3) is 22.4 Å². The zero-order valence-electron chi connectivity index (χ0n) is 13.0. The number of hydrogen-bond acceptors (Lipinski definition) is 3. The number of hydrogen-bond donors (Lipinski definition) is 2. The van der Waals surface area contributed by atoms with Crippen molar-refractivity contribution in [3.63, 3.8) is 0 Å². The zero-order valence-corrected chi connectivity index (χ0v) is 13.8. The lowest BCUT2D eigenvalue weighted by Gasteiger charge is -2.06. The van der Waals surface area contributed by atoms with Crippen molar-refractivity contribution >= 4 is 34.2 Å². The second-order valence-corrected chi connectivity index (χ2v) is 5.88. The van der Waals surface area contributed by atoms with E-state index in [1.165, 1.54) is 6.20 Å². The molecule has 0 bridgehead atoms. The summed E-state index contributed by atoms with van der Waals surface area (Å²) in [5.41, 5.74) is 3.70. The Kier molecular flexibility index (Phi) is 3.91. The van der Waals surface area contributed by atoms with E-state index >= 15 is 0 Å². The number of benzene rings is 2. The van der Waals surface area contributed by atoms with Gasteiger partial charge in [-0.1, -0.05) is 23.7 Å². The summed E-state index contributed by atoms with van der Waals surface area (Å²) >= 11 is 5.99. The minimum Gasteiger partial charge on any atom is -0.338 e. The predicted octanol–water partition coefficient (Wildman–Crippen LogP) is 4.53. The molecule has 0 fully saturated rings. The van der Waals surface area contributed by atoms with Crippen LogP contribution >= 0.6 is 11.6 Å². The van der Waals surface area contributed by atoms with Gasteiger partial charge in [0.1, 0.15) is 11.5 Å². The number of nitrogens with zero attached hydrogens (tertiary/aromatic N) is 2. The van der Waals surface area contributed by atoms with E-state index in [0.29, 0.717) is 10.7 Å². The monoisotopic (exact) mass is 348 g/mol. The molecule has 0 atom stereocenters. The molecule has 0 aliphatic heterocycles. The van der Waals surface area contributed by atoms with Gasteiger partial charge in [-0.3, -0.25) is 4.79 Å². The van der Waals surface area contributed by atoms with Crippen LogP contribution in [0.3, 0.4) is 0 Å². The summed E-state index contributed by atoms with van der Waals surface area (Å²) in [6.07, 6.45) is 1.53. The molecule has 0 aliphatic rings. The largest absolute Gasteiger partial charge is 0.338 e. The number of aromatic nitrogens is 3. The number of imidazole rings is 1. The summed E-state index contributed by atoms with van der Waals surface area (Å²) in [6.45, 7) is 0. The van der Waals surface area contributed by atoms with Gasteiger partial charge in [-0.05, 0) is 48.5 Å². The van der Waals surface area contributed by atoms with Crippen molar-refractivity contribution < 1.29 is 4.79 Å². The summed E-state index contributed by atoms with van der Waals surface area (Å²) in [4.78, 5) is 24.1. The molecule has 5 nitrogen and oxygen atoms in total. The number of rotatable bonds is 3. The molecule has 0 saturated heterocycles. The third-order valence-corrected chi connectivity index (χ3v) is 4.08. The molecule has 0 aliphatic carbocycles. The third kappa shape index (κ3) is 3.09. The van der Waals surface area contributed by atoms with Crippen LogP contribution in [0.5, 0.6) is 0 Å². The molecule has 4 rings (SSSR count). The Balaban J connectivity index is 1.56. The number of anilines is 1. The van der Waals surface area contributed by atoms with Gasteiger partial charge in [0.25, 0.3) is 5.91 Å². The van der Waals surface area contributed by atoms with Crippen LogP contribution in [0.15, 0.2) is 66.9 Å². The Labute approximate surface area is 148 Å². The normalized spacial score (nSPS) is 10.8. The van der Waals surface area contributed by atoms with E-state index in [2.05, 4.69) is 20.3 Å². The van der Waals surface area contributed by atoms with E-state index in [1.807, 2.05) is 48.5 Å². The van der Waals surface area contributed by atoms with Crippen molar-refractivity contribution in [1.29, 1.82) is 0 Å². The molecule has 2 N–H and O–H groups in total. The van der Waals surface area contributed by atoms with Crippen molar-refractivity contribution in [2.45, 2.75) is 0 Å². The molecule has 0 saturated carbocycles. The van der Waals surface area contributed by atoms with E-state index in [9.17, 15) is 4.79 Å². The highest BCUT2D eigenvalue weighted by Crippen LogP contribution is 2.22. The molecule has 0 unspecified atom stereocenters. The number of carbonyl (C=O) groups is 1. The Morgan fingerprint density at radius 3 is 2.56 bits per heavy atom. The number of para-hydroxylation sites is 2. The molecular formula is C19H13ClN4O. The SMILES string of the molecule is O=C(Nc1ccc(-c2nc3ccccc3[nH]2)cc1)c1ncccc1Cl. The Morgan fingerprint density at radius 1 is 1.00 bits per heavy atom. The maximum Gasteiger partial charge on any atom is 0.275 e. The molecular weight excluding hydrogens is 336 g/mol. The fraction of sp³-hybridized carbons (Fsp3) is 0. The number of amides is 1. The van der Waals surface area contributed by atoms with Gasteiger partial charge in [0.15, 0.2) is 0 Å². The maximum atomic E-state index is 12.2. The van der Waals surface area contributed by atoms with Gasteiger partial charge in [-0.15, -0.1) is 0 Å². The minimum atomic E-state index is -0.345. The van der Waals surface area contributed by atoms with Crippen molar-refractivity contribution in [3.05, 3.63) is 77.6 Å². The summed E-state index contributed by atoms with van der Waals surface area (Å²) in [5.74, 6) is 0.439. The first-order valence-electron chi connectivity index (χ1n) is 7.68. The molecule has 6 heteroatoms. The first kappa shape index (κ1) is 15.4. The fourth-order valence-electron chi connectivity index (χ4n) is 2.54. The van der Waals surface area contributed by atoms with Gasteiger partial charge in [-0.2, -0.15) is 0 Å². The maximum absolute atomic E-state index is 12.2. The molecule has 2 aromatic heterocycles. The number of nitrogens with one attached hydrogen (secondary N) is 2. The fourth-order valence-corrected chi connectivity index (χ4v) is 2.75. The van der Waals surface area contributed by atoms with E-state index in [-0.39, 0.29) is 11.6 Å². The van der Waals surface area contributed by atoms with Gasteiger partial charge in [0.05, 0.1) is 16.1 Å². The molecule has 122 valence electrons. The standard InChI is InChI=1S/C19H13ClN4O/c20-14-4-3-11-21-17(14)19(25)22-13-9-7-12(8-10-13)18-23-15-5-1-2-6-16(15)24-18/h1-11H,(H,22,25)(H,23,24). The summed E-state index contributed by atoms with van der Waals surface area (Å²) in [7, 11) is 0. The molecule has 4 aromatic rings. The highest BCUT2D eigenvalue weighted by atomic mass is 35.5. The number of carbonyl (C=O) groups excluding carboxylic acids is 1. The second-order valence-electron chi connectivity index (χ2n) is 5.47. The molecule has 2 aromatic carbocycles. The van der Waals surface area contributed by atoms with E-state index in [0.717, 1.165) is 22.4 Å². The van der Waals surface area contributed by atoms with Crippen LogP contribution in [0, 0.1) is 0 Å². The molecule has 25 heavy (non-hydrogen) atoms. The second kappa shape index (κ2) is 6.37. The minimum absolute atomic E-state index is 0.200. The number of halogens is 1. The van der Waals surface area contributed by atoms with Crippen LogP contribution in [0.2, 0.25) is 5.02 Å². The average Bonchev–Trinajstić information content (AvgIpc) is 3.07. The van der Waals surface area contributed by atoms with Crippen LogP contribution in [-0.2, 0) is 0 Å². The molecule has 0 spiro atoms. The molecule has 1 amide bonds. The Hall–Kier alpha value is -3.18. The highest BCUT2D eigenvalue weighted by molar-refractivity contribution is 6.34. The average molecular weight is 349 g/mol. The van der Waals surface area contributed by atoms with Crippen molar-refractivity contribution in [3.8, 4) is 11.4 Å². The van der Waals surface area contributed by atoms with Crippen molar-refractivity contribution in [2.75, 3.05) is 5.32 Å². The van der Waals surface area contributed by atoms with Gasteiger partial charge in [0.2, 0.25) is 0 Å². The lowest BCUT2D eigenvalue weighted by Crippen LogP contribution is -2.14. The topological polar surface area (TPSA) is 70.7 Å². The number of fused-ring (bicyclic) bond motifs is 1. The summed E-state index contributed by atoms with van der Waals surface area (Å²) in [5, 5.41) is 3.11. The summed E-state index contributed by atoms with van der Waals surface area (Å²) in [6, 6.07) is 18.6. The zero-order chi connectivity index (χ0) is 17.2. The Bertz CT molecular complexity index is 1020. The lowest BCUT2D eigenvalue weighted by atomic mass is 10.2. The molecule has 2 heterocycles. The quantitative estimate of drug-likeness (QED) is 0.571. The smallest absolute Gasteiger partial charge is 0.275 e. The van der Waals surface area contributed by atoms with Crippen LogP contribution in [0.4, 0.5) is 5.69 Å². The number of aromatic amines is 1. The lowest BCUT2D eigenvalue weighted by molar-refractivity contribution is 0.102. The number of pyridine rings is 1. The van der Waals surface area contributed by atoms with Crippen LogP contribution in [-0.4, -0.2) is 20.9 Å². The third-order valence-electron chi connectivity index (χ3n) is 3.78. The first-order valence-corrected chi connectivity index (χ1v) is 8.05. The van der Waals surface area contributed by atoms with Gasteiger partial charge in [-0.25, -0.2) is 9.97 Å². The van der Waals surface area contributed by atoms with E-state index < -0.39 is 0 Å². The van der Waals surface area contributed by atoms with Crippen LogP contribution < -0.4 is 5.32 Å². The predicted molar refractivity (Wildman–Crippen MR) is 98.7 cm³/mol. The Morgan fingerprint density at radius 2 is 1.80 bits per heavy atom. The van der Waals surface area contributed by atoms with Crippen molar-refractivity contribution in [2.24, 2.45) is 0 Å². The van der Waals surface area contributed by atoms with E-state index in [4.69, 9.17) is 11.6 Å². The molecule has 0 radical (unpaired) electrons. The highest BCUT2D eigenvalue weighted by Gasteiger charge is 2.12. The summed E-state index contributed by atoms with van der Waals surface area (Å²) < 4.78 is 0.